The van der Waals surface area contributed by atoms with Crippen molar-refractivity contribution in [1.29, 1.82) is 0 Å². The number of hydrogen-bond acceptors (Lipinski definition) is 6. The molecule has 10 nitrogen and oxygen atoms in total. The molecule has 3 aromatic carbocycles. The molecule has 7 rings (SSSR count). The number of piperidine rings is 1. The maximum Gasteiger partial charge on any atom is 0.407 e. The molecule has 3 N–H and O–H groups in total. The number of amides is 2. The van der Waals surface area contributed by atoms with Gasteiger partial charge in [0.1, 0.15) is 11.3 Å². The number of pyridine rings is 1. The molecule has 1 fully saturated rings. The van der Waals surface area contributed by atoms with E-state index in [0.29, 0.717) is 40.1 Å². The highest BCUT2D eigenvalue weighted by molar-refractivity contribution is 6.31. The minimum atomic E-state index is -0.575. The number of fused-ring (bicyclic) bond motifs is 1. The first-order valence-corrected chi connectivity index (χ1v) is 18.9. The van der Waals surface area contributed by atoms with E-state index >= 15 is 0 Å². The number of carbonyl (C=O) groups is 2. The van der Waals surface area contributed by atoms with Crippen molar-refractivity contribution >= 4 is 51.8 Å². The number of nitrogens with zero attached hydrogens (tertiary/aromatic N) is 4. The Labute approximate surface area is 324 Å². The van der Waals surface area contributed by atoms with Crippen LogP contribution < -0.4 is 10.6 Å². The molecule has 6 aromatic rings. The van der Waals surface area contributed by atoms with Crippen molar-refractivity contribution in [3.8, 4) is 22.5 Å². The first-order valence-electron chi connectivity index (χ1n) is 18.1. The Morgan fingerprint density at radius 3 is 2.50 bits per heavy atom. The number of likely N-dealkylation sites (tertiary alicyclic amines) is 1. The van der Waals surface area contributed by atoms with Gasteiger partial charge in [-0.2, -0.15) is 0 Å². The maximum absolute atomic E-state index is 14.6. The van der Waals surface area contributed by atoms with Crippen molar-refractivity contribution in [3.05, 3.63) is 124 Å². The van der Waals surface area contributed by atoms with E-state index in [-0.39, 0.29) is 18.0 Å². The molecule has 0 radical (unpaired) electrons. The van der Waals surface area contributed by atoms with E-state index in [1.54, 1.807) is 6.20 Å². The van der Waals surface area contributed by atoms with Gasteiger partial charge in [-0.25, -0.2) is 9.78 Å². The number of imidazole rings is 1. The molecule has 54 heavy (non-hydrogen) atoms. The van der Waals surface area contributed by atoms with Gasteiger partial charge in [0.2, 0.25) is 0 Å². The number of alkyl carbamates (subject to hydrolysis) is 1. The van der Waals surface area contributed by atoms with E-state index < -0.39 is 11.7 Å². The zero-order valence-corrected chi connectivity index (χ0v) is 32.2. The van der Waals surface area contributed by atoms with Gasteiger partial charge in [-0.1, -0.05) is 71.7 Å². The summed E-state index contributed by atoms with van der Waals surface area (Å²) in [5.74, 6) is -0.333. The predicted molar refractivity (Wildman–Crippen MR) is 215 cm³/mol. The topological polar surface area (TPSA) is 117 Å². The Hall–Kier alpha value is -5.16. The van der Waals surface area contributed by atoms with Crippen LogP contribution in [0.2, 0.25) is 10.0 Å². The van der Waals surface area contributed by atoms with Crippen molar-refractivity contribution in [2.75, 3.05) is 18.4 Å². The monoisotopic (exact) mass is 763 g/mol. The highest BCUT2D eigenvalue weighted by Crippen LogP contribution is 2.41. The average molecular weight is 765 g/mol. The largest absolute Gasteiger partial charge is 0.444 e. The highest BCUT2D eigenvalue weighted by Gasteiger charge is 2.29. The van der Waals surface area contributed by atoms with Crippen LogP contribution in [0.5, 0.6) is 0 Å². The molecule has 2 atom stereocenters. The highest BCUT2D eigenvalue weighted by atomic mass is 35.5. The van der Waals surface area contributed by atoms with E-state index in [2.05, 4.69) is 32.0 Å². The molecular weight excluding hydrogens is 721 g/mol. The van der Waals surface area contributed by atoms with Crippen molar-refractivity contribution < 1.29 is 14.3 Å². The van der Waals surface area contributed by atoms with E-state index in [0.717, 1.165) is 58.5 Å². The smallest absolute Gasteiger partial charge is 0.407 e. The number of aromatic nitrogens is 4. The molecule has 0 aliphatic carbocycles. The molecule has 1 aliphatic rings. The number of halogens is 2. The molecule has 1 saturated heterocycles. The average Bonchev–Trinajstić information content (AvgIpc) is 3.74. The first-order chi connectivity index (χ1) is 25.9. The molecule has 2 amide bonds. The van der Waals surface area contributed by atoms with Gasteiger partial charge in [0, 0.05) is 57.4 Å². The Balaban J connectivity index is 1.24. The lowest BCUT2D eigenvalue weighted by atomic mass is 9.99. The fourth-order valence-corrected chi connectivity index (χ4v) is 7.36. The second-order valence-electron chi connectivity index (χ2n) is 14.7. The summed E-state index contributed by atoms with van der Waals surface area (Å²) in [6, 6.07) is 26.8. The molecule has 3 aromatic heterocycles. The van der Waals surface area contributed by atoms with Crippen LogP contribution in [0.3, 0.4) is 0 Å². The summed E-state index contributed by atoms with van der Waals surface area (Å²) >= 11 is 12.8. The maximum atomic E-state index is 14.6. The molecule has 1 aliphatic heterocycles. The molecule has 0 spiro atoms. The lowest BCUT2D eigenvalue weighted by Crippen LogP contribution is -2.48. The van der Waals surface area contributed by atoms with Gasteiger partial charge in [0.05, 0.1) is 35.1 Å². The second-order valence-corrected chi connectivity index (χ2v) is 15.6. The normalized spacial score (nSPS) is 15.6. The van der Waals surface area contributed by atoms with Gasteiger partial charge in [-0.05, 0) is 89.0 Å². The fraction of sp³-hybridized carbons (Fsp3) is 0.286. The molecule has 4 heterocycles. The third-order valence-corrected chi connectivity index (χ3v) is 10.1. The van der Waals surface area contributed by atoms with E-state index in [9.17, 15) is 9.59 Å². The number of nitrogens with one attached hydrogen (secondary N) is 3. The molecular formula is C42H43Cl2N7O3. The van der Waals surface area contributed by atoms with Gasteiger partial charge in [-0.3, -0.25) is 14.7 Å². The summed E-state index contributed by atoms with van der Waals surface area (Å²) in [6.07, 6.45) is 4.89. The van der Waals surface area contributed by atoms with Crippen LogP contribution in [0.15, 0.2) is 97.5 Å². The van der Waals surface area contributed by atoms with Gasteiger partial charge >= 0.3 is 6.09 Å². The summed E-state index contributed by atoms with van der Waals surface area (Å²) < 4.78 is 7.60. The summed E-state index contributed by atoms with van der Waals surface area (Å²) in [7, 11) is 0. The standard InChI is InChI=1S/C42H43Cl2N7O3/c1-26(27-14-16-29(43)17-15-27)51-25-46-37(28-10-6-5-7-11-28)39(51)36-32-19-18-30(44)22-34(32)48-38(36)40(52)49-33-13-8-20-45-35(33)24-50-21-9-12-31(23-50)47-41(53)54-42(2,3)4/h5-8,10-11,13-20,22,25-26,31,48H,9,12,21,23-24H2,1-4H3,(H,47,53)(H,49,52)/t26-,31+/m0/s1. The quantitative estimate of drug-likeness (QED) is 0.135. The Bertz CT molecular complexity index is 2280. The number of H-pyrrole nitrogens is 1. The summed E-state index contributed by atoms with van der Waals surface area (Å²) in [5, 5.41) is 8.23. The lowest BCUT2D eigenvalue weighted by Gasteiger charge is -2.33. The van der Waals surface area contributed by atoms with Crippen LogP contribution in [0.1, 0.15) is 68.3 Å². The number of ether oxygens (including phenoxy) is 1. The van der Waals surface area contributed by atoms with Gasteiger partial charge < -0.3 is 24.9 Å². The second kappa shape index (κ2) is 15.7. The summed E-state index contributed by atoms with van der Waals surface area (Å²) in [5.41, 5.74) is 6.00. The van der Waals surface area contributed by atoms with Gasteiger partial charge in [-0.15, -0.1) is 0 Å². The van der Waals surface area contributed by atoms with Crippen molar-refractivity contribution in [3.63, 3.8) is 0 Å². The van der Waals surface area contributed by atoms with Crippen molar-refractivity contribution in [2.24, 2.45) is 0 Å². The molecule has 12 heteroatoms. The van der Waals surface area contributed by atoms with Crippen LogP contribution in [0.25, 0.3) is 33.4 Å². The first kappa shape index (κ1) is 37.2. The zero-order chi connectivity index (χ0) is 38.0. The van der Waals surface area contributed by atoms with Crippen LogP contribution in [0.4, 0.5) is 10.5 Å². The summed E-state index contributed by atoms with van der Waals surface area (Å²) in [6.45, 7) is 9.61. The van der Waals surface area contributed by atoms with Gasteiger partial charge in [0.25, 0.3) is 5.91 Å². The van der Waals surface area contributed by atoms with E-state index in [4.69, 9.17) is 37.9 Å². The zero-order valence-electron chi connectivity index (χ0n) is 30.7. The predicted octanol–water partition coefficient (Wildman–Crippen LogP) is 9.75. The number of benzene rings is 3. The van der Waals surface area contributed by atoms with Crippen LogP contribution >= 0.6 is 23.2 Å². The van der Waals surface area contributed by atoms with Crippen LogP contribution in [-0.4, -0.2) is 61.2 Å². The number of hydrogen-bond donors (Lipinski definition) is 3. The van der Waals surface area contributed by atoms with Crippen molar-refractivity contribution in [1.82, 2.24) is 29.7 Å². The third kappa shape index (κ3) is 8.31. The van der Waals surface area contributed by atoms with E-state index in [1.165, 1.54) is 0 Å². The van der Waals surface area contributed by atoms with Crippen molar-refractivity contribution in [2.45, 2.75) is 64.8 Å². The fourth-order valence-electron chi connectivity index (χ4n) is 7.06. The number of aromatic amines is 1. The SMILES string of the molecule is C[C@@H](c1ccc(Cl)cc1)n1cnc(-c2ccccc2)c1-c1c(C(=O)Nc2cccnc2CN2CCC[C@@H](NC(=O)OC(C)(C)C)C2)[nH]c2cc(Cl)ccc12. The molecule has 0 bridgehead atoms. The molecule has 0 saturated carbocycles. The lowest BCUT2D eigenvalue weighted by molar-refractivity contribution is 0.0469. The molecule has 278 valence electrons. The Morgan fingerprint density at radius 1 is 0.981 bits per heavy atom. The Morgan fingerprint density at radius 2 is 1.74 bits per heavy atom. The number of rotatable bonds is 9. The van der Waals surface area contributed by atoms with Crippen LogP contribution in [-0.2, 0) is 11.3 Å². The minimum Gasteiger partial charge on any atom is -0.444 e. The third-order valence-electron chi connectivity index (χ3n) is 9.57. The van der Waals surface area contributed by atoms with Gasteiger partial charge in [0.15, 0.2) is 0 Å². The van der Waals surface area contributed by atoms with E-state index in [1.807, 2.05) is 112 Å². The Kier molecular flexibility index (Phi) is 10.8. The number of anilines is 1. The molecule has 0 unspecified atom stereocenters. The minimum absolute atomic E-state index is 0.0602. The van der Waals surface area contributed by atoms with Crippen LogP contribution in [0, 0.1) is 0 Å². The number of carbonyl (C=O) groups excluding carboxylic acids is 2. The summed E-state index contributed by atoms with van der Waals surface area (Å²) in [4.78, 5) is 42.4.